The zero-order chi connectivity index (χ0) is 24.6. The van der Waals surface area contributed by atoms with E-state index in [2.05, 4.69) is 22.1 Å². The Morgan fingerprint density at radius 3 is 2.77 bits per heavy atom. The highest BCUT2D eigenvalue weighted by Crippen LogP contribution is 2.24. The fourth-order valence-electron chi connectivity index (χ4n) is 4.31. The van der Waals surface area contributed by atoms with E-state index in [1.807, 2.05) is 6.07 Å². The number of amides is 1. The van der Waals surface area contributed by atoms with Gasteiger partial charge in [0.25, 0.3) is 5.56 Å². The number of piperidine rings is 1. The van der Waals surface area contributed by atoms with Crippen molar-refractivity contribution in [2.24, 2.45) is 0 Å². The van der Waals surface area contributed by atoms with Crippen molar-refractivity contribution >= 4 is 40.3 Å². The molecule has 0 aliphatic carbocycles. The molecule has 6 nitrogen and oxygen atoms in total. The van der Waals surface area contributed by atoms with E-state index in [-0.39, 0.29) is 17.3 Å². The van der Waals surface area contributed by atoms with Crippen LogP contribution in [0.1, 0.15) is 32.6 Å². The Morgan fingerprint density at radius 2 is 1.97 bits per heavy atom. The minimum atomic E-state index is -0.364. The first-order chi connectivity index (χ1) is 17.0. The zero-order valence-electron chi connectivity index (χ0n) is 19.9. The summed E-state index contributed by atoms with van der Waals surface area (Å²) in [6.45, 7) is 5.16. The van der Waals surface area contributed by atoms with Gasteiger partial charge in [-0.1, -0.05) is 30.3 Å². The van der Waals surface area contributed by atoms with E-state index >= 15 is 0 Å². The summed E-state index contributed by atoms with van der Waals surface area (Å²) in [5.41, 5.74) is 0.975. The van der Waals surface area contributed by atoms with Crippen molar-refractivity contribution in [1.29, 1.82) is 0 Å². The minimum absolute atomic E-state index is 0.0182. The molecule has 1 unspecified atom stereocenters. The highest BCUT2D eigenvalue weighted by molar-refractivity contribution is 8.16. The van der Waals surface area contributed by atoms with Gasteiger partial charge in [0.15, 0.2) is 5.16 Å². The van der Waals surface area contributed by atoms with E-state index in [0.717, 1.165) is 19.5 Å². The predicted molar refractivity (Wildman–Crippen MR) is 143 cm³/mol. The second kappa shape index (κ2) is 12.6. The van der Waals surface area contributed by atoms with Gasteiger partial charge in [-0.3, -0.25) is 14.2 Å². The Morgan fingerprint density at radius 1 is 1.17 bits per heavy atom. The van der Waals surface area contributed by atoms with Crippen LogP contribution >= 0.6 is 23.5 Å². The summed E-state index contributed by atoms with van der Waals surface area (Å²) in [6.07, 6.45) is 4.81. The molecule has 3 aromatic rings. The lowest BCUT2D eigenvalue weighted by Gasteiger charge is -2.33. The summed E-state index contributed by atoms with van der Waals surface area (Å²) in [7, 11) is 0. The number of carbonyl (C=O) groups excluding carboxylic acids is 1. The largest absolute Gasteiger partial charge is 0.355 e. The van der Waals surface area contributed by atoms with Gasteiger partial charge < -0.3 is 10.2 Å². The highest BCUT2D eigenvalue weighted by Gasteiger charge is 2.17. The first-order valence-electron chi connectivity index (χ1n) is 12.0. The molecular weight excluding hydrogens is 483 g/mol. The van der Waals surface area contributed by atoms with Gasteiger partial charge in [-0.15, -0.1) is 11.8 Å². The number of likely N-dealkylation sites (tertiary alicyclic amines) is 1. The average molecular weight is 515 g/mol. The van der Waals surface area contributed by atoms with Gasteiger partial charge in [0.1, 0.15) is 5.82 Å². The fraction of sp³-hybridized carbons (Fsp3) is 0.423. The van der Waals surface area contributed by atoms with Crippen molar-refractivity contribution < 1.29 is 9.18 Å². The number of nitrogens with zero attached hydrogens (tertiary/aromatic N) is 3. The second-order valence-electron chi connectivity index (χ2n) is 8.72. The molecule has 1 aliphatic heterocycles. The normalized spacial score (nSPS) is 16.5. The van der Waals surface area contributed by atoms with Gasteiger partial charge in [0, 0.05) is 24.2 Å². The summed E-state index contributed by atoms with van der Waals surface area (Å²) in [6, 6.07) is 13.6. The summed E-state index contributed by atoms with van der Waals surface area (Å²) >= 11 is 2.88. The molecule has 0 saturated carbocycles. The van der Waals surface area contributed by atoms with E-state index in [0.29, 0.717) is 45.2 Å². The van der Waals surface area contributed by atoms with Crippen molar-refractivity contribution in [2.45, 2.75) is 43.8 Å². The van der Waals surface area contributed by atoms with Gasteiger partial charge in [0.05, 0.1) is 22.3 Å². The number of halogens is 1. The lowest BCUT2D eigenvalue weighted by Crippen LogP contribution is -2.39. The Labute approximate surface area is 213 Å². The minimum Gasteiger partial charge on any atom is -0.355 e. The third-order valence-electron chi connectivity index (χ3n) is 6.22. The van der Waals surface area contributed by atoms with Gasteiger partial charge in [-0.05, 0) is 69.1 Å². The van der Waals surface area contributed by atoms with Crippen LogP contribution in [0, 0.1) is 5.82 Å². The quantitative estimate of drug-likeness (QED) is 0.183. The van der Waals surface area contributed by atoms with Crippen LogP contribution in [0.5, 0.6) is 0 Å². The molecule has 1 aliphatic rings. The molecule has 0 spiro atoms. The molecule has 1 aromatic heterocycles. The molecule has 35 heavy (non-hydrogen) atoms. The van der Waals surface area contributed by atoms with Gasteiger partial charge in [0.2, 0.25) is 5.91 Å². The number of thioether (sulfide) groups is 2. The number of hydrogen-bond acceptors (Lipinski definition) is 6. The molecule has 0 bridgehead atoms. The van der Waals surface area contributed by atoms with Crippen LogP contribution in [-0.2, 0) is 4.79 Å². The molecule has 9 heteroatoms. The lowest BCUT2D eigenvalue weighted by molar-refractivity contribution is -0.118. The maximum absolute atomic E-state index is 13.5. The predicted octanol–water partition coefficient (Wildman–Crippen LogP) is 4.69. The molecule has 186 valence electrons. The summed E-state index contributed by atoms with van der Waals surface area (Å²) in [5.74, 6) is 0.00281. The molecule has 1 amide bonds. The van der Waals surface area contributed by atoms with Crippen LogP contribution in [0.4, 0.5) is 4.39 Å². The van der Waals surface area contributed by atoms with Crippen LogP contribution in [0.25, 0.3) is 16.6 Å². The molecule has 2 aromatic carbocycles. The molecule has 4 rings (SSSR count). The average Bonchev–Trinajstić information content (AvgIpc) is 2.86. The molecule has 1 atom stereocenters. The van der Waals surface area contributed by atoms with E-state index < -0.39 is 0 Å². The van der Waals surface area contributed by atoms with E-state index in [9.17, 15) is 14.0 Å². The number of hydrogen-bond donors (Lipinski definition) is 1. The zero-order valence-corrected chi connectivity index (χ0v) is 21.5. The van der Waals surface area contributed by atoms with Gasteiger partial charge >= 0.3 is 0 Å². The monoisotopic (exact) mass is 514 g/mol. The molecule has 1 N–H and O–H groups in total. The smallest absolute Gasteiger partial charge is 0.266 e. The van der Waals surface area contributed by atoms with Crippen LogP contribution in [0.3, 0.4) is 0 Å². The van der Waals surface area contributed by atoms with E-state index in [1.54, 1.807) is 30.3 Å². The highest BCUT2D eigenvalue weighted by atomic mass is 32.2. The Kier molecular flexibility index (Phi) is 9.23. The van der Waals surface area contributed by atoms with Gasteiger partial charge in [-0.25, -0.2) is 9.37 Å². The third-order valence-corrected chi connectivity index (χ3v) is 8.36. The third kappa shape index (κ3) is 6.86. The maximum atomic E-state index is 13.5. The fourth-order valence-corrected chi connectivity index (χ4v) is 6.16. The number of para-hydroxylation sites is 1. The van der Waals surface area contributed by atoms with E-state index in [4.69, 9.17) is 0 Å². The molecule has 1 saturated heterocycles. The number of fused-ring (bicyclic) bond motifs is 1. The Hall–Kier alpha value is -2.36. The molecule has 0 radical (unpaired) electrons. The van der Waals surface area contributed by atoms with Crippen LogP contribution in [0.15, 0.2) is 58.5 Å². The lowest BCUT2D eigenvalue weighted by atomic mass is 10.0. The SMILES string of the molecule is CC1CCCCN1CCCNC(=O)CSCSc1nc2ccccc2c(=O)n1-c1ccc(F)cc1. The van der Waals surface area contributed by atoms with Crippen molar-refractivity contribution in [3.63, 3.8) is 0 Å². The Balaban J connectivity index is 1.31. The van der Waals surface area contributed by atoms with Crippen molar-refractivity contribution in [2.75, 3.05) is 30.5 Å². The summed E-state index contributed by atoms with van der Waals surface area (Å²) < 4.78 is 15.0. The van der Waals surface area contributed by atoms with E-state index in [1.165, 1.54) is 59.5 Å². The van der Waals surface area contributed by atoms with Crippen LogP contribution in [0.2, 0.25) is 0 Å². The van der Waals surface area contributed by atoms with Crippen LogP contribution < -0.4 is 10.9 Å². The first kappa shape index (κ1) is 25.7. The summed E-state index contributed by atoms with van der Waals surface area (Å²) in [4.78, 5) is 32.6. The standard InChI is InChI=1S/C26H31FN4O2S2/c1-19-7-4-5-15-30(19)16-6-14-28-24(32)17-34-18-35-26-29-23-9-3-2-8-22(23)25(33)31(26)21-12-10-20(27)11-13-21/h2-3,8-13,19H,4-7,14-18H2,1H3,(H,28,32). The summed E-state index contributed by atoms with van der Waals surface area (Å²) in [5, 5.41) is 4.59. The Bertz CT molecular complexity index is 1200. The second-order valence-corrected chi connectivity index (χ2v) is 11.0. The number of aromatic nitrogens is 2. The topological polar surface area (TPSA) is 67.2 Å². The molecule has 2 heterocycles. The number of carbonyl (C=O) groups is 1. The van der Waals surface area contributed by atoms with Crippen molar-refractivity contribution in [3.8, 4) is 5.69 Å². The van der Waals surface area contributed by atoms with Crippen molar-refractivity contribution in [1.82, 2.24) is 19.8 Å². The number of nitrogens with one attached hydrogen (secondary N) is 1. The van der Waals surface area contributed by atoms with Crippen molar-refractivity contribution in [3.05, 3.63) is 64.7 Å². The molecular formula is C26H31FN4O2S2. The number of rotatable bonds is 10. The maximum Gasteiger partial charge on any atom is 0.266 e. The first-order valence-corrected chi connectivity index (χ1v) is 14.2. The van der Waals surface area contributed by atoms with Crippen LogP contribution in [-0.4, -0.2) is 56.9 Å². The van der Waals surface area contributed by atoms with Gasteiger partial charge in [-0.2, -0.15) is 0 Å². The number of benzene rings is 2. The molecule has 1 fully saturated rings.